The number of hydrogen-bond acceptors (Lipinski definition) is 3. The molecule has 1 aromatic carbocycles. The highest BCUT2D eigenvalue weighted by atomic mass is 16.5. The van der Waals surface area contributed by atoms with E-state index in [0.29, 0.717) is 6.61 Å². The third-order valence-electron chi connectivity index (χ3n) is 4.19. The fourth-order valence-electron chi connectivity index (χ4n) is 2.94. The van der Waals surface area contributed by atoms with Crippen LogP contribution in [0.2, 0.25) is 0 Å². The van der Waals surface area contributed by atoms with Crippen molar-refractivity contribution in [3.05, 3.63) is 35.9 Å². The van der Waals surface area contributed by atoms with Crippen LogP contribution in [0.5, 0.6) is 0 Å². The number of benzene rings is 1. The Morgan fingerprint density at radius 1 is 1.32 bits per heavy atom. The number of ether oxygens (including phenoxy) is 1. The summed E-state index contributed by atoms with van der Waals surface area (Å²) in [6, 6.07) is 9.95. The number of nitrogens with one attached hydrogen (secondary N) is 1. The van der Waals surface area contributed by atoms with Gasteiger partial charge in [0, 0.05) is 6.54 Å². The zero-order valence-corrected chi connectivity index (χ0v) is 11.6. The fourth-order valence-corrected chi connectivity index (χ4v) is 2.94. The van der Waals surface area contributed by atoms with Gasteiger partial charge in [-0.25, -0.2) is 0 Å². The van der Waals surface area contributed by atoms with E-state index in [0.717, 1.165) is 12.1 Å². The first-order chi connectivity index (χ1) is 8.95. The van der Waals surface area contributed by atoms with Crippen molar-refractivity contribution >= 4 is 5.91 Å². The average molecular weight is 260 g/mol. The Kier molecular flexibility index (Phi) is 2.69. The van der Waals surface area contributed by atoms with Crippen molar-refractivity contribution in [2.75, 3.05) is 6.54 Å². The van der Waals surface area contributed by atoms with Gasteiger partial charge in [-0.15, -0.1) is 0 Å². The van der Waals surface area contributed by atoms with Gasteiger partial charge in [-0.1, -0.05) is 30.3 Å². The summed E-state index contributed by atoms with van der Waals surface area (Å²) in [5, 5.41) is 3.38. The molecule has 2 aliphatic rings. The molecule has 2 fully saturated rings. The monoisotopic (exact) mass is 260 g/mol. The zero-order chi connectivity index (χ0) is 13.7. The van der Waals surface area contributed by atoms with E-state index in [1.54, 1.807) is 0 Å². The van der Waals surface area contributed by atoms with Crippen LogP contribution in [0.4, 0.5) is 0 Å². The number of nitrogens with zero attached hydrogens (tertiary/aromatic N) is 1. The summed E-state index contributed by atoms with van der Waals surface area (Å²) >= 11 is 0. The number of carbonyl (C=O) groups is 1. The molecule has 2 atom stereocenters. The highest BCUT2D eigenvalue weighted by Gasteiger charge is 2.65. The second-order valence-electron chi connectivity index (χ2n) is 6.15. The first-order valence-corrected chi connectivity index (χ1v) is 6.70. The lowest BCUT2D eigenvalue weighted by Crippen LogP contribution is -2.76. The van der Waals surface area contributed by atoms with Gasteiger partial charge in [-0.2, -0.15) is 0 Å². The minimum Gasteiger partial charge on any atom is -0.357 e. The smallest absolute Gasteiger partial charge is 0.259 e. The molecule has 2 heterocycles. The number of hydrogen-bond donors (Lipinski definition) is 1. The minimum absolute atomic E-state index is 0.00119. The zero-order valence-electron chi connectivity index (χ0n) is 11.6. The maximum Gasteiger partial charge on any atom is 0.259 e. The summed E-state index contributed by atoms with van der Waals surface area (Å²) in [5.74, 6) is 0.0865. The van der Waals surface area contributed by atoms with Crippen LogP contribution in [0.3, 0.4) is 0 Å². The Hall–Kier alpha value is -1.39. The van der Waals surface area contributed by atoms with Gasteiger partial charge in [0.05, 0.1) is 12.1 Å². The highest BCUT2D eigenvalue weighted by molar-refractivity contribution is 5.93. The van der Waals surface area contributed by atoms with Gasteiger partial charge in [0.15, 0.2) is 5.60 Å². The van der Waals surface area contributed by atoms with Gasteiger partial charge in [-0.3, -0.25) is 10.1 Å². The number of fused-ring (bicyclic) bond motifs is 1. The van der Waals surface area contributed by atoms with Crippen LogP contribution in [0, 0.1) is 0 Å². The molecule has 4 heteroatoms. The number of β-lactam (4-membered cyclic amide) rings is 1. The van der Waals surface area contributed by atoms with Crippen LogP contribution >= 0.6 is 0 Å². The van der Waals surface area contributed by atoms with Crippen LogP contribution in [0.15, 0.2) is 30.3 Å². The van der Waals surface area contributed by atoms with E-state index in [-0.39, 0.29) is 17.6 Å². The number of carbonyl (C=O) groups excluding carboxylic acids is 1. The lowest BCUT2D eigenvalue weighted by Gasteiger charge is -2.53. The normalized spacial score (nSPS) is 32.1. The van der Waals surface area contributed by atoms with Crippen LogP contribution in [0.25, 0.3) is 0 Å². The summed E-state index contributed by atoms with van der Waals surface area (Å²) in [4.78, 5) is 14.3. The SMILES string of the molecule is CC1(C)CN[C@H]2N1C(=O)[C@]2(C)OCc1ccccc1. The van der Waals surface area contributed by atoms with E-state index in [4.69, 9.17) is 4.74 Å². The molecule has 102 valence electrons. The largest absolute Gasteiger partial charge is 0.357 e. The van der Waals surface area contributed by atoms with Gasteiger partial charge in [0.1, 0.15) is 6.17 Å². The molecule has 0 aromatic heterocycles. The first-order valence-electron chi connectivity index (χ1n) is 6.70. The molecule has 1 aromatic rings. The van der Waals surface area contributed by atoms with Gasteiger partial charge in [-0.05, 0) is 26.3 Å². The van der Waals surface area contributed by atoms with Gasteiger partial charge < -0.3 is 9.64 Å². The van der Waals surface area contributed by atoms with E-state index in [9.17, 15) is 4.79 Å². The molecule has 2 saturated heterocycles. The van der Waals surface area contributed by atoms with Crippen molar-refractivity contribution in [3.63, 3.8) is 0 Å². The van der Waals surface area contributed by atoms with E-state index in [1.807, 2.05) is 42.2 Å². The molecule has 19 heavy (non-hydrogen) atoms. The number of rotatable bonds is 3. The van der Waals surface area contributed by atoms with Crippen molar-refractivity contribution in [2.24, 2.45) is 0 Å². The molecule has 0 spiro atoms. The quantitative estimate of drug-likeness (QED) is 0.838. The Morgan fingerprint density at radius 3 is 2.68 bits per heavy atom. The molecule has 2 aliphatic heterocycles. The van der Waals surface area contributed by atoms with Gasteiger partial charge in [0.2, 0.25) is 0 Å². The third kappa shape index (κ3) is 1.78. The standard InChI is InChI=1S/C15H20N2O2/c1-14(2)10-16-12-15(3,13(18)17(12)14)19-9-11-7-5-4-6-8-11/h4-8,12,16H,9-10H2,1-3H3/t12-,15+/m0/s1. The maximum atomic E-state index is 12.4. The van der Waals surface area contributed by atoms with Crippen molar-refractivity contribution in [1.29, 1.82) is 0 Å². The number of amides is 1. The Bertz CT molecular complexity index is 500. The second kappa shape index (κ2) is 4.05. The molecule has 1 N–H and O–H groups in total. The lowest BCUT2D eigenvalue weighted by atomic mass is 9.87. The van der Waals surface area contributed by atoms with Gasteiger partial charge in [0.25, 0.3) is 5.91 Å². The van der Waals surface area contributed by atoms with Gasteiger partial charge >= 0.3 is 0 Å². The third-order valence-corrected chi connectivity index (χ3v) is 4.19. The molecule has 3 rings (SSSR count). The predicted molar refractivity (Wildman–Crippen MR) is 72.4 cm³/mol. The summed E-state index contributed by atoms with van der Waals surface area (Å²) < 4.78 is 5.92. The molecule has 0 saturated carbocycles. The topological polar surface area (TPSA) is 41.6 Å². The summed E-state index contributed by atoms with van der Waals surface area (Å²) in [7, 11) is 0. The second-order valence-corrected chi connectivity index (χ2v) is 6.15. The molecule has 0 aliphatic carbocycles. The molecule has 0 bridgehead atoms. The van der Waals surface area contributed by atoms with E-state index in [1.165, 1.54) is 0 Å². The van der Waals surface area contributed by atoms with Crippen molar-refractivity contribution in [3.8, 4) is 0 Å². The Balaban J connectivity index is 1.71. The fraction of sp³-hybridized carbons (Fsp3) is 0.533. The Morgan fingerprint density at radius 2 is 2.00 bits per heavy atom. The Labute approximate surface area is 113 Å². The maximum absolute atomic E-state index is 12.4. The molecule has 1 amide bonds. The molecule has 0 unspecified atom stereocenters. The highest BCUT2D eigenvalue weighted by Crippen LogP contribution is 2.42. The molecule has 0 radical (unpaired) electrons. The van der Waals surface area contributed by atoms with Crippen molar-refractivity contribution in [1.82, 2.24) is 10.2 Å². The summed E-state index contributed by atoms with van der Waals surface area (Å²) in [6.07, 6.45) is -0.00119. The average Bonchev–Trinajstić information content (AvgIpc) is 2.70. The van der Waals surface area contributed by atoms with Crippen molar-refractivity contribution in [2.45, 2.75) is 44.7 Å². The molecular formula is C15H20N2O2. The summed E-state index contributed by atoms with van der Waals surface area (Å²) in [6.45, 7) is 7.32. The lowest BCUT2D eigenvalue weighted by molar-refractivity contribution is -0.208. The van der Waals surface area contributed by atoms with Crippen molar-refractivity contribution < 1.29 is 9.53 Å². The first kappa shape index (κ1) is 12.6. The van der Waals surface area contributed by atoms with Crippen LogP contribution in [-0.2, 0) is 16.1 Å². The predicted octanol–water partition coefficient (Wildman–Crippen LogP) is 1.51. The van der Waals surface area contributed by atoms with E-state index >= 15 is 0 Å². The minimum atomic E-state index is -0.733. The van der Waals surface area contributed by atoms with E-state index in [2.05, 4.69) is 19.2 Å². The van der Waals surface area contributed by atoms with E-state index < -0.39 is 5.60 Å². The van der Waals surface area contributed by atoms with Crippen LogP contribution in [0.1, 0.15) is 26.3 Å². The molecule has 4 nitrogen and oxygen atoms in total. The summed E-state index contributed by atoms with van der Waals surface area (Å²) in [5.41, 5.74) is 0.244. The van der Waals surface area contributed by atoms with Crippen LogP contribution < -0.4 is 5.32 Å². The van der Waals surface area contributed by atoms with Crippen LogP contribution in [-0.4, -0.2) is 34.7 Å². The molecular weight excluding hydrogens is 240 g/mol.